The summed E-state index contributed by atoms with van der Waals surface area (Å²) in [6.07, 6.45) is 3.01. The third kappa shape index (κ3) is 5.07. The fourth-order valence-corrected chi connectivity index (χ4v) is 2.42. The Morgan fingerprint density at radius 1 is 1.04 bits per heavy atom. The van der Waals surface area contributed by atoms with E-state index in [-0.39, 0.29) is 17.6 Å². The van der Waals surface area contributed by atoms with Crippen LogP contribution >= 0.6 is 0 Å². The second-order valence-corrected chi connectivity index (χ2v) is 5.85. The normalized spacial score (nSPS) is 10.6. The quantitative estimate of drug-likeness (QED) is 0.487. The zero-order valence-electron chi connectivity index (χ0n) is 15.2. The lowest BCUT2D eigenvalue weighted by Crippen LogP contribution is -2.22. The van der Waals surface area contributed by atoms with Gasteiger partial charge in [0, 0.05) is 17.8 Å². The highest BCUT2D eigenvalue weighted by molar-refractivity contribution is 6.02. The Kier molecular flexibility index (Phi) is 6.20. The summed E-state index contributed by atoms with van der Waals surface area (Å²) in [4.78, 5) is 28.8. The summed E-state index contributed by atoms with van der Waals surface area (Å²) in [5, 5.41) is 9.28. The number of carbonyl (C=O) groups is 2. The van der Waals surface area contributed by atoms with Gasteiger partial charge in [-0.2, -0.15) is 0 Å². The van der Waals surface area contributed by atoms with E-state index in [9.17, 15) is 9.59 Å². The molecular formula is C21H19N3O4. The number of benzene rings is 2. The molecule has 2 amide bonds. The Bertz CT molecular complexity index is 946. The van der Waals surface area contributed by atoms with Crippen molar-refractivity contribution < 1.29 is 18.8 Å². The molecule has 0 saturated carbocycles. The molecule has 0 radical (unpaired) electrons. The zero-order chi connectivity index (χ0) is 19.8. The van der Waals surface area contributed by atoms with Crippen molar-refractivity contribution in [3.8, 4) is 0 Å². The van der Waals surface area contributed by atoms with Crippen LogP contribution in [0.5, 0.6) is 0 Å². The molecule has 1 heterocycles. The topological polar surface area (TPSA) is 92.9 Å². The molecule has 0 bridgehead atoms. The van der Waals surface area contributed by atoms with Gasteiger partial charge in [0.05, 0.1) is 12.5 Å². The first-order chi connectivity index (χ1) is 13.7. The van der Waals surface area contributed by atoms with Crippen LogP contribution in [-0.4, -0.2) is 25.1 Å². The molecule has 0 aliphatic rings. The molecule has 3 rings (SSSR count). The van der Waals surface area contributed by atoms with Crippen molar-refractivity contribution in [3.05, 3.63) is 89.4 Å². The summed E-state index contributed by atoms with van der Waals surface area (Å²) in [6.45, 7) is 0.373. The van der Waals surface area contributed by atoms with Gasteiger partial charge >= 0.3 is 0 Å². The highest BCUT2D eigenvalue weighted by Crippen LogP contribution is 2.12. The van der Waals surface area contributed by atoms with Crippen LogP contribution in [0.25, 0.3) is 0 Å². The van der Waals surface area contributed by atoms with E-state index in [2.05, 4.69) is 20.6 Å². The first-order valence-electron chi connectivity index (χ1n) is 8.54. The molecule has 0 aliphatic carbocycles. The number of anilines is 1. The first-order valence-corrected chi connectivity index (χ1v) is 8.54. The average Bonchev–Trinajstić information content (AvgIpc) is 3.27. The van der Waals surface area contributed by atoms with Crippen molar-refractivity contribution in [2.24, 2.45) is 5.16 Å². The Morgan fingerprint density at radius 3 is 2.43 bits per heavy atom. The molecule has 0 unspecified atom stereocenters. The number of hydrogen-bond donors (Lipinski definition) is 2. The lowest BCUT2D eigenvalue weighted by atomic mass is 10.1. The summed E-state index contributed by atoms with van der Waals surface area (Å²) in [5.74, 6) is -0.244. The fourth-order valence-electron chi connectivity index (χ4n) is 2.42. The van der Waals surface area contributed by atoms with Gasteiger partial charge in [0.1, 0.15) is 7.11 Å². The zero-order valence-corrected chi connectivity index (χ0v) is 15.2. The lowest BCUT2D eigenvalue weighted by molar-refractivity contribution is 0.0950. The van der Waals surface area contributed by atoms with E-state index in [1.54, 1.807) is 54.7 Å². The molecule has 0 fully saturated rings. The van der Waals surface area contributed by atoms with Gasteiger partial charge in [0.2, 0.25) is 0 Å². The molecule has 28 heavy (non-hydrogen) atoms. The van der Waals surface area contributed by atoms with Gasteiger partial charge in [-0.3, -0.25) is 9.59 Å². The molecule has 0 spiro atoms. The number of nitrogens with zero attached hydrogens (tertiary/aromatic N) is 1. The van der Waals surface area contributed by atoms with Crippen LogP contribution in [0.15, 0.2) is 76.5 Å². The smallest absolute Gasteiger partial charge is 0.291 e. The summed E-state index contributed by atoms with van der Waals surface area (Å²) in [5.41, 5.74) is 2.94. The maximum atomic E-state index is 12.3. The van der Waals surface area contributed by atoms with Gasteiger partial charge in [0.15, 0.2) is 5.76 Å². The van der Waals surface area contributed by atoms with Crippen molar-refractivity contribution in [1.29, 1.82) is 0 Å². The molecule has 7 heteroatoms. The third-order valence-corrected chi connectivity index (χ3v) is 3.89. The van der Waals surface area contributed by atoms with Crippen molar-refractivity contribution in [2.45, 2.75) is 6.54 Å². The minimum absolute atomic E-state index is 0.176. The second-order valence-electron chi connectivity index (χ2n) is 5.85. The number of oxime groups is 1. The SMILES string of the molecule is CO/N=C/c1ccc(C(=O)NCc2ccc(NC(=O)c3ccco3)cc2)cc1. The molecule has 3 aromatic rings. The van der Waals surface area contributed by atoms with E-state index in [1.165, 1.54) is 13.4 Å². The van der Waals surface area contributed by atoms with Gasteiger partial charge in [0.25, 0.3) is 11.8 Å². The molecule has 1 aromatic heterocycles. The molecule has 0 aliphatic heterocycles. The third-order valence-electron chi connectivity index (χ3n) is 3.89. The maximum Gasteiger partial charge on any atom is 0.291 e. The summed E-state index contributed by atoms with van der Waals surface area (Å²) in [7, 11) is 1.47. The number of rotatable bonds is 7. The number of carbonyl (C=O) groups excluding carboxylic acids is 2. The van der Waals surface area contributed by atoms with Gasteiger partial charge in [-0.05, 0) is 47.5 Å². The molecule has 7 nitrogen and oxygen atoms in total. The predicted octanol–water partition coefficient (Wildman–Crippen LogP) is 3.44. The Morgan fingerprint density at radius 2 is 1.79 bits per heavy atom. The van der Waals surface area contributed by atoms with E-state index in [1.807, 2.05) is 12.1 Å². The van der Waals surface area contributed by atoms with Crippen LogP contribution in [0.2, 0.25) is 0 Å². The van der Waals surface area contributed by atoms with Gasteiger partial charge < -0.3 is 19.9 Å². The van der Waals surface area contributed by atoms with Crippen molar-refractivity contribution in [2.75, 3.05) is 12.4 Å². The number of furan rings is 1. The van der Waals surface area contributed by atoms with Crippen LogP contribution in [0.4, 0.5) is 5.69 Å². The standard InChI is InChI=1S/C21H19N3O4/c1-27-23-14-16-4-8-17(9-5-16)20(25)22-13-15-6-10-18(11-7-15)24-21(26)19-3-2-12-28-19/h2-12,14H,13H2,1H3,(H,22,25)(H,24,26)/b23-14+. The van der Waals surface area contributed by atoms with Crippen LogP contribution in [0.3, 0.4) is 0 Å². The second kappa shape index (κ2) is 9.18. The summed E-state index contributed by atoms with van der Waals surface area (Å²) >= 11 is 0. The molecule has 2 aromatic carbocycles. The Labute approximate surface area is 162 Å². The van der Waals surface area contributed by atoms with E-state index in [0.29, 0.717) is 17.8 Å². The maximum absolute atomic E-state index is 12.3. The Balaban J connectivity index is 1.52. The Hall–Kier alpha value is -3.87. The highest BCUT2D eigenvalue weighted by Gasteiger charge is 2.09. The molecule has 142 valence electrons. The summed E-state index contributed by atoms with van der Waals surface area (Å²) < 4.78 is 5.05. The minimum atomic E-state index is -0.315. The molecule has 2 N–H and O–H groups in total. The average molecular weight is 377 g/mol. The number of hydrogen-bond acceptors (Lipinski definition) is 5. The van der Waals surface area contributed by atoms with E-state index < -0.39 is 0 Å². The number of amides is 2. The van der Waals surface area contributed by atoms with Crippen molar-refractivity contribution >= 4 is 23.7 Å². The van der Waals surface area contributed by atoms with Gasteiger partial charge in [-0.25, -0.2) is 0 Å². The predicted molar refractivity (Wildman–Crippen MR) is 105 cm³/mol. The van der Waals surface area contributed by atoms with E-state index in [0.717, 1.165) is 11.1 Å². The first kappa shape index (κ1) is 18.9. The monoisotopic (exact) mass is 377 g/mol. The van der Waals surface area contributed by atoms with E-state index >= 15 is 0 Å². The van der Waals surface area contributed by atoms with Crippen LogP contribution in [0.1, 0.15) is 32.0 Å². The van der Waals surface area contributed by atoms with Crippen molar-refractivity contribution in [3.63, 3.8) is 0 Å². The van der Waals surface area contributed by atoms with Crippen LogP contribution < -0.4 is 10.6 Å². The van der Waals surface area contributed by atoms with E-state index in [4.69, 9.17) is 4.42 Å². The molecule has 0 saturated heterocycles. The lowest BCUT2D eigenvalue weighted by Gasteiger charge is -2.07. The minimum Gasteiger partial charge on any atom is -0.459 e. The van der Waals surface area contributed by atoms with Gasteiger partial charge in [-0.1, -0.05) is 29.4 Å². The van der Waals surface area contributed by atoms with Gasteiger partial charge in [-0.15, -0.1) is 0 Å². The molecule has 0 atom stereocenters. The van der Waals surface area contributed by atoms with Crippen molar-refractivity contribution in [1.82, 2.24) is 5.32 Å². The fraction of sp³-hybridized carbons (Fsp3) is 0.0952. The molecular weight excluding hydrogens is 358 g/mol. The van der Waals surface area contributed by atoms with Crippen LogP contribution in [-0.2, 0) is 11.4 Å². The highest BCUT2D eigenvalue weighted by atomic mass is 16.6. The van der Waals surface area contributed by atoms with Crippen LogP contribution in [0, 0.1) is 0 Å². The number of nitrogens with one attached hydrogen (secondary N) is 2. The summed E-state index contributed by atoms with van der Waals surface area (Å²) in [6, 6.07) is 17.5. The largest absolute Gasteiger partial charge is 0.459 e.